The molecule has 15 heavy (non-hydrogen) atoms. The molecule has 0 unspecified atom stereocenters. The van der Waals surface area contributed by atoms with Crippen LogP contribution in [0, 0.1) is 6.92 Å². The van der Waals surface area contributed by atoms with E-state index in [0.29, 0.717) is 22.8 Å². The van der Waals surface area contributed by atoms with Gasteiger partial charge in [0, 0.05) is 5.56 Å². The van der Waals surface area contributed by atoms with Gasteiger partial charge in [-0.1, -0.05) is 0 Å². The normalized spacial score (nSPS) is 10.5. The van der Waals surface area contributed by atoms with Crippen molar-refractivity contribution >= 4 is 17.3 Å². The number of phenols is 1. The Labute approximate surface area is 84.8 Å². The van der Waals surface area contributed by atoms with Gasteiger partial charge in [-0.3, -0.25) is 9.59 Å². The first kappa shape index (κ1) is 9.45. The number of aldehydes is 1. The van der Waals surface area contributed by atoms with E-state index in [1.54, 1.807) is 6.92 Å². The molecule has 0 saturated heterocycles. The standard InChI is InChI=1S/C11H8O4/c1-6-9(13)3-2-8-10(14)7(4-12)5-15-11(6)8/h2-5,13H,1H3. The van der Waals surface area contributed by atoms with Crippen molar-refractivity contribution in [2.75, 3.05) is 0 Å². The summed E-state index contributed by atoms with van der Waals surface area (Å²) in [5.74, 6) is 0.0597. The molecule has 0 aliphatic carbocycles. The Morgan fingerprint density at radius 2 is 2.13 bits per heavy atom. The quantitative estimate of drug-likeness (QED) is 0.716. The van der Waals surface area contributed by atoms with Crippen LogP contribution in [0.3, 0.4) is 0 Å². The third-order valence-corrected chi connectivity index (χ3v) is 2.31. The largest absolute Gasteiger partial charge is 0.508 e. The summed E-state index contributed by atoms with van der Waals surface area (Å²) in [6.07, 6.45) is 1.55. The highest BCUT2D eigenvalue weighted by Gasteiger charge is 2.10. The van der Waals surface area contributed by atoms with Crippen molar-refractivity contribution in [3.63, 3.8) is 0 Å². The highest BCUT2D eigenvalue weighted by atomic mass is 16.3. The number of rotatable bonds is 1. The Morgan fingerprint density at radius 3 is 2.80 bits per heavy atom. The van der Waals surface area contributed by atoms with E-state index in [9.17, 15) is 14.7 Å². The van der Waals surface area contributed by atoms with Crippen LogP contribution in [0.1, 0.15) is 15.9 Å². The van der Waals surface area contributed by atoms with Crippen LogP contribution in [-0.4, -0.2) is 11.4 Å². The Kier molecular flexibility index (Phi) is 2.04. The number of aromatic hydroxyl groups is 1. The first-order valence-electron chi connectivity index (χ1n) is 4.34. The Balaban J connectivity index is 2.98. The van der Waals surface area contributed by atoms with Gasteiger partial charge in [0.25, 0.3) is 0 Å². The highest BCUT2D eigenvalue weighted by molar-refractivity contribution is 5.86. The molecule has 0 saturated carbocycles. The predicted octanol–water partition coefficient (Wildman–Crippen LogP) is 1.62. The van der Waals surface area contributed by atoms with Crippen molar-refractivity contribution in [1.29, 1.82) is 0 Å². The molecule has 0 atom stereocenters. The van der Waals surface area contributed by atoms with E-state index < -0.39 is 0 Å². The molecule has 0 bridgehead atoms. The second-order valence-electron chi connectivity index (χ2n) is 3.22. The van der Waals surface area contributed by atoms with Gasteiger partial charge in [0.1, 0.15) is 17.6 Å². The molecule has 0 radical (unpaired) electrons. The SMILES string of the molecule is Cc1c(O)ccc2c(=O)c(C=O)coc12. The fraction of sp³-hybridized carbons (Fsp3) is 0.0909. The van der Waals surface area contributed by atoms with Crippen LogP contribution in [0.4, 0.5) is 0 Å². The van der Waals surface area contributed by atoms with Crippen LogP contribution in [0.25, 0.3) is 11.0 Å². The minimum atomic E-state index is -0.380. The van der Waals surface area contributed by atoms with Crippen molar-refractivity contribution < 1.29 is 14.3 Å². The lowest BCUT2D eigenvalue weighted by Crippen LogP contribution is -2.07. The number of aryl methyl sites for hydroxylation is 1. The molecule has 0 fully saturated rings. The van der Waals surface area contributed by atoms with E-state index in [2.05, 4.69) is 0 Å². The van der Waals surface area contributed by atoms with Crippen molar-refractivity contribution in [1.82, 2.24) is 0 Å². The van der Waals surface area contributed by atoms with Gasteiger partial charge < -0.3 is 9.52 Å². The summed E-state index contributed by atoms with van der Waals surface area (Å²) in [6, 6.07) is 2.85. The summed E-state index contributed by atoms with van der Waals surface area (Å²) < 4.78 is 5.13. The van der Waals surface area contributed by atoms with Crippen LogP contribution < -0.4 is 5.43 Å². The zero-order valence-electron chi connectivity index (χ0n) is 7.98. The molecule has 4 nitrogen and oxygen atoms in total. The van der Waals surface area contributed by atoms with E-state index in [1.165, 1.54) is 12.1 Å². The second kappa shape index (κ2) is 3.24. The van der Waals surface area contributed by atoms with E-state index in [0.717, 1.165) is 6.26 Å². The summed E-state index contributed by atoms with van der Waals surface area (Å²) in [6.45, 7) is 1.64. The van der Waals surface area contributed by atoms with Crippen LogP contribution in [0.5, 0.6) is 5.75 Å². The molecule has 2 aromatic rings. The molecule has 0 aliphatic heterocycles. The van der Waals surface area contributed by atoms with Gasteiger partial charge in [0.05, 0.1) is 10.9 Å². The minimum Gasteiger partial charge on any atom is -0.508 e. The van der Waals surface area contributed by atoms with Crippen LogP contribution in [-0.2, 0) is 0 Å². The van der Waals surface area contributed by atoms with E-state index in [-0.39, 0.29) is 16.7 Å². The van der Waals surface area contributed by atoms with Crippen LogP contribution in [0.15, 0.2) is 27.6 Å². The number of hydrogen-bond acceptors (Lipinski definition) is 4. The monoisotopic (exact) mass is 204 g/mol. The second-order valence-corrected chi connectivity index (χ2v) is 3.22. The number of fused-ring (bicyclic) bond motifs is 1. The summed E-state index contributed by atoms with van der Waals surface area (Å²) in [5, 5.41) is 9.70. The van der Waals surface area contributed by atoms with Gasteiger partial charge in [0.2, 0.25) is 5.43 Å². The maximum atomic E-state index is 11.7. The number of phenolic OH excluding ortho intramolecular Hbond substituents is 1. The van der Waals surface area contributed by atoms with Gasteiger partial charge >= 0.3 is 0 Å². The number of carbonyl (C=O) groups excluding carboxylic acids is 1. The van der Waals surface area contributed by atoms with Gasteiger partial charge in [0.15, 0.2) is 6.29 Å². The van der Waals surface area contributed by atoms with Crippen molar-refractivity contribution in [2.45, 2.75) is 6.92 Å². The molecular formula is C11H8O4. The van der Waals surface area contributed by atoms with E-state index >= 15 is 0 Å². The van der Waals surface area contributed by atoms with Gasteiger partial charge in [-0.2, -0.15) is 0 Å². The maximum Gasteiger partial charge on any atom is 0.203 e. The first-order chi connectivity index (χ1) is 7.15. The van der Waals surface area contributed by atoms with Crippen LogP contribution in [0.2, 0.25) is 0 Å². The van der Waals surface area contributed by atoms with Crippen molar-refractivity contribution in [3.05, 3.63) is 39.7 Å². The third-order valence-electron chi connectivity index (χ3n) is 2.31. The molecule has 0 amide bonds. The number of carbonyl (C=O) groups is 1. The minimum absolute atomic E-state index is 0.0208. The summed E-state index contributed by atoms with van der Waals surface area (Å²) in [5.41, 5.74) is 0.398. The van der Waals surface area contributed by atoms with Crippen molar-refractivity contribution in [3.8, 4) is 5.75 Å². The Bertz CT molecular complexity index is 595. The van der Waals surface area contributed by atoms with Crippen LogP contribution >= 0.6 is 0 Å². The first-order valence-corrected chi connectivity index (χ1v) is 4.34. The topological polar surface area (TPSA) is 67.5 Å². The molecule has 1 aromatic carbocycles. The average Bonchev–Trinajstić information content (AvgIpc) is 2.24. The molecule has 1 aromatic heterocycles. The van der Waals surface area contributed by atoms with Gasteiger partial charge in [-0.05, 0) is 19.1 Å². The molecule has 1 heterocycles. The molecule has 2 rings (SSSR count). The third kappa shape index (κ3) is 1.30. The zero-order chi connectivity index (χ0) is 11.0. The Morgan fingerprint density at radius 1 is 1.40 bits per heavy atom. The fourth-order valence-corrected chi connectivity index (χ4v) is 1.42. The lowest BCUT2D eigenvalue weighted by Gasteiger charge is -2.02. The van der Waals surface area contributed by atoms with Gasteiger partial charge in [-0.25, -0.2) is 0 Å². The lowest BCUT2D eigenvalue weighted by atomic mass is 10.1. The van der Waals surface area contributed by atoms with E-state index in [4.69, 9.17) is 4.42 Å². The molecule has 1 N–H and O–H groups in total. The molecule has 4 heteroatoms. The smallest absolute Gasteiger partial charge is 0.203 e. The van der Waals surface area contributed by atoms with E-state index in [1.807, 2.05) is 0 Å². The average molecular weight is 204 g/mol. The number of benzene rings is 1. The fourth-order valence-electron chi connectivity index (χ4n) is 1.42. The summed E-state index contributed by atoms with van der Waals surface area (Å²) in [4.78, 5) is 22.2. The van der Waals surface area contributed by atoms with Crippen molar-refractivity contribution in [2.24, 2.45) is 0 Å². The maximum absolute atomic E-state index is 11.7. The molecule has 0 aliphatic rings. The highest BCUT2D eigenvalue weighted by Crippen LogP contribution is 2.24. The molecular weight excluding hydrogens is 196 g/mol. The molecule has 0 spiro atoms. The molecule has 76 valence electrons. The van der Waals surface area contributed by atoms with Gasteiger partial charge in [-0.15, -0.1) is 0 Å². The summed E-state index contributed by atoms with van der Waals surface area (Å²) >= 11 is 0. The zero-order valence-corrected chi connectivity index (χ0v) is 7.98. The lowest BCUT2D eigenvalue weighted by molar-refractivity contribution is 0.112. The summed E-state index contributed by atoms with van der Waals surface area (Å²) in [7, 11) is 0. The predicted molar refractivity (Wildman–Crippen MR) is 54.3 cm³/mol. The number of hydrogen-bond donors (Lipinski definition) is 1. The Hall–Kier alpha value is -2.10.